The summed E-state index contributed by atoms with van der Waals surface area (Å²) in [5, 5.41) is 4.99. The average Bonchev–Trinajstić information content (AvgIpc) is 2.42. The number of carbonyl (C=O) groups excluding carboxylic acids is 1. The van der Waals surface area contributed by atoms with Gasteiger partial charge in [0, 0.05) is 13.2 Å². The first-order valence-corrected chi connectivity index (χ1v) is 5.50. The van der Waals surface area contributed by atoms with Crippen LogP contribution in [0.15, 0.2) is 36.7 Å². The molecule has 0 radical (unpaired) electrons. The minimum Gasteiger partial charge on any atom is -0.386 e. The molecule has 4 nitrogen and oxygen atoms in total. The van der Waals surface area contributed by atoms with Crippen LogP contribution in [0, 0.1) is 11.6 Å². The molecule has 0 saturated heterocycles. The largest absolute Gasteiger partial charge is 0.386 e. The molecular formula is C13H11F2N3O. The Morgan fingerprint density at radius 2 is 1.89 bits per heavy atom. The standard InChI is InChI=1S/C13H11F2N3O/c1-16-11-7-17-6-5-8(11)13(19)18-12-9(14)3-2-4-10(12)15/h2-7,16H,1H3,(H,18,19). The van der Waals surface area contributed by atoms with E-state index in [0.717, 1.165) is 12.1 Å². The zero-order valence-corrected chi connectivity index (χ0v) is 10.1. The molecule has 0 unspecified atom stereocenters. The maximum absolute atomic E-state index is 13.4. The molecule has 0 atom stereocenters. The predicted octanol–water partition coefficient (Wildman–Crippen LogP) is 2.65. The third-order valence-electron chi connectivity index (χ3n) is 2.54. The van der Waals surface area contributed by atoms with Crippen molar-refractivity contribution in [2.45, 2.75) is 0 Å². The van der Waals surface area contributed by atoms with Gasteiger partial charge in [-0.05, 0) is 18.2 Å². The van der Waals surface area contributed by atoms with E-state index in [1.807, 2.05) is 0 Å². The molecule has 0 spiro atoms. The van der Waals surface area contributed by atoms with Crippen molar-refractivity contribution in [2.24, 2.45) is 0 Å². The maximum Gasteiger partial charge on any atom is 0.258 e. The molecule has 0 bridgehead atoms. The third kappa shape index (κ3) is 2.67. The highest BCUT2D eigenvalue weighted by Gasteiger charge is 2.15. The normalized spacial score (nSPS) is 10.1. The van der Waals surface area contributed by atoms with Crippen LogP contribution >= 0.6 is 0 Å². The van der Waals surface area contributed by atoms with Gasteiger partial charge in [-0.15, -0.1) is 0 Å². The highest BCUT2D eigenvalue weighted by molar-refractivity contribution is 6.07. The van der Waals surface area contributed by atoms with Crippen molar-refractivity contribution in [3.05, 3.63) is 53.9 Å². The smallest absolute Gasteiger partial charge is 0.258 e. The average molecular weight is 263 g/mol. The summed E-state index contributed by atoms with van der Waals surface area (Å²) in [5.41, 5.74) is 0.253. The lowest BCUT2D eigenvalue weighted by Gasteiger charge is -2.10. The number of nitrogens with one attached hydrogen (secondary N) is 2. The van der Waals surface area contributed by atoms with Gasteiger partial charge in [0.05, 0.1) is 17.4 Å². The summed E-state index contributed by atoms with van der Waals surface area (Å²) in [5.74, 6) is -2.27. The van der Waals surface area contributed by atoms with Gasteiger partial charge in [0.2, 0.25) is 0 Å². The van der Waals surface area contributed by atoms with E-state index in [1.54, 1.807) is 7.05 Å². The summed E-state index contributed by atoms with van der Waals surface area (Å²) in [6.07, 6.45) is 2.88. The second-order valence-electron chi connectivity index (χ2n) is 3.72. The lowest BCUT2D eigenvalue weighted by atomic mass is 10.2. The van der Waals surface area contributed by atoms with E-state index in [0.29, 0.717) is 5.69 Å². The van der Waals surface area contributed by atoms with Crippen LogP contribution in [0.25, 0.3) is 0 Å². The Kier molecular flexibility index (Phi) is 3.70. The maximum atomic E-state index is 13.4. The van der Waals surface area contributed by atoms with Crippen LogP contribution in [-0.4, -0.2) is 17.9 Å². The molecule has 19 heavy (non-hydrogen) atoms. The summed E-state index contributed by atoms with van der Waals surface area (Å²) < 4.78 is 26.9. The Hall–Kier alpha value is -2.50. The van der Waals surface area contributed by atoms with Crippen LogP contribution in [0.3, 0.4) is 0 Å². The lowest BCUT2D eigenvalue weighted by Crippen LogP contribution is -2.16. The molecule has 0 fully saturated rings. The number of nitrogens with zero attached hydrogens (tertiary/aromatic N) is 1. The van der Waals surface area contributed by atoms with Gasteiger partial charge in [-0.25, -0.2) is 8.78 Å². The number of hydrogen-bond donors (Lipinski definition) is 2. The highest BCUT2D eigenvalue weighted by atomic mass is 19.1. The molecule has 6 heteroatoms. The summed E-state index contributed by atoms with van der Waals surface area (Å²) in [6.45, 7) is 0. The Labute approximate surface area is 108 Å². The van der Waals surface area contributed by atoms with Crippen LogP contribution in [0.1, 0.15) is 10.4 Å². The van der Waals surface area contributed by atoms with Gasteiger partial charge in [0.25, 0.3) is 5.91 Å². The van der Waals surface area contributed by atoms with Gasteiger partial charge in [0.15, 0.2) is 0 Å². The molecule has 0 aliphatic rings. The zero-order chi connectivity index (χ0) is 13.8. The highest BCUT2D eigenvalue weighted by Crippen LogP contribution is 2.20. The Morgan fingerprint density at radius 3 is 2.53 bits per heavy atom. The topological polar surface area (TPSA) is 54.0 Å². The minimum absolute atomic E-state index is 0.250. The van der Waals surface area contributed by atoms with Crippen molar-refractivity contribution >= 4 is 17.3 Å². The molecule has 2 aromatic rings. The number of amides is 1. The third-order valence-corrected chi connectivity index (χ3v) is 2.54. The fourth-order valence-corrected chi connectivity index (χ4v) is 1.59. The van der Waals surface area contributed by atoms with E-state index in [-0.39, 0.29) is 5.56 Å². The van der Waals surface area contributed by atoms with E-state index in [9.17, 15) is 13.6 Å². The quantitative estimate of drug-likeness (QED) is 0.895. The molecule has 2 N–H and O–H groups in total. The first kappa shape index (κ1) is 12.9. The van der Waals surface area contributed by atoms with Gasteiger partial charge in [0.1, 0.15) is 17.3 Å². The summed E-state index contributed by atoms with van der Waals surface area (Å²) >= 11 is 0. The SMILES string of the molecule is CNc1cnccc1C(=O)Nc1c(F)cccc1F. The van der Waals surface area contributed by atoms with E-state index in [1.165, 1.54) is 24.5 Å². The van der Waals surface area contributed by atoms with Crippen molar-refractivity contribution in [1.82, 2.24) is 4.98 Å². The number of pyridine rings is 1. The van der Waals surface area contributed by atoms with Crippen molar-refractivity contribution in [3.63, 3.8) is 0 Å². The Balaban J connectivity index is 2.31. The number of hydrogen-bond acceptors (Lipinski definition) is 3. The van der Waals surface area contributed by atoms with Crippen molar-refractivity contribution in [3.8, 4) is 0 Å². The number of para-hydroxylation sites is 1. The molecule has 0 aliphatic carbocycles. The predicted molar refractivity (Wildman–Crippen MR) is 68.1 cm³/mol. The van der Waals surface area contributed by atoms with Crippen LogP contribution in [0.4, 0.5) is 20.2 Å². The van der Waals surface area contributed by atoms with Gasteiger partial charge in [-0.3, -0.25) is 9.78 Å². The van der Waals surface area contributed by atoms with E-state index in [2.05, 4.69) is 15.6 Å². The molecule has 2 rings (SSSR count). The van der Waals surface area contributed by atoms with Crippen LogP contribution in [0.2, 0.25) is 0 Å². The Morgan fingerprint density at radius 1 is 1.21 bits per heavy atom. The first-order valence-electron chi connectivity index (χ1n) is 5.50. The van der Waals surface area contributed by atoms with Crippen LogP contribution < -0.4 is 10.6 Å². The van der Waals surface area contributed by atoms with Gasteiger partial charge < -0.3 is 10.6 Å². The fourth-order valence-electron chi connectivity index (χ4n) is 1.59. The molecule has 1 amide bonds. The molecule has 0 aliphatic heterocycles. The number of carbonyl (C=O) groups is 1. The van der Waals surface area contributed by atoms with Crippen molar-refractivity contribution in [1.29, 1.82) is 0 Å². The van der Waals surface area contributed by atoms with E-state index in [4.69, 9.17) is 0 Å². The number of rotatable bonds is 3. The number of benzene rings is 1. The fraction of sp³-hybridized carbons (Fsp3) is 0.0769. The van der Waals surface area contributed by atoms with E-state index < -0.39 is 23.2 Å². The molecule has 1 heterocycles. The molecule has 1 aromatic heterocycles. The Bertz CT molecular complexity index is 596. The summed E-state index contributed by atoms with van der Waals surface area (Å²) in [7, 11) is 1.62. The molecule has 0 saturated carbocycles. The minimum atomic E-state index is -0.826. The molecular weight excluding hydrogens is 252 g/mol. The van der Waals surface area contributed by atoms with Crippen LogP contribution in [0.5, 0.6) is 0 Å². The van der Waals surface area contributed by atoms with Crippen molar-refractivity contribution < 1.29 is 13.6 Å². The number of anilines is 2. The lowest BCUT2D eigenvalue weighted by molar-refractivity contribution is 0.102. The van der Waals surface area contributed by atoms with Gasteiger partial charge >= 0.3 is 0 Å². The van der Waals surface area contributed by atoms with Gasteiger partial charge in [-0.2, -0.15) is 0 Å². The summed E-state index contributed by atoms with van der Waals surface area (Å²) in [4.78, 5) is 15.8. The van der Waals surface area contributed by atoms with Crippen molar-refractivity contribution in [2.75, 3.05) is 17.7 Å². The monoisotopic (exact) mass is 263 g/mol. The number of halogens is 2. The molecule has 1 aromatic carbocycles. The summed E-state index contributed by atoms with van der Waals surface area (Å²) in [6, 6.07) is 4.83. The van der Waals surface area contributed by atoms with Gasteiger partial charge in [-0.1, -0.05) is 6.07 Å². The second kappa shape index (κ2) is 5.43. The number of aromatic nitrogens is 1. The van der Waals surface area contributed by atoms with Crippen LogP contribution in [-0.2, 0) is 0 Å². The first-order chi connectivity index (χ1) is 9.13. The second-order valence-corrected chi connectivity index (χ2v) is 3.72. The van der Waals surface area contributed by atoms with E-state index >= 15 is 0 Å². The zero-order valence-electron chi connectivity index (χ0n) is 10.1. The molecule has 98 valence electrons.